The highest BCUT2D eigenvalue weighted by atomic mass is 15.1. The molecule has 3 heterocycles. The van der Waals surface area contributed by atoms with Crippen LogP contribution >= 0.6 is 0 Å². The number of rotatable bonds is 0. The third kappa shape index (κ3) is 1.49. The number of pyridine rings is 1. The molecule has 3 aromatic heterocycles. The minimum atomic E-state index is 0.136. The van der Waals surface area contributed by atoms with Crippen LogP contribution in [0.15, 0.2) is 42.6 Å². The molecule has 0 fully saturated rings. The van der Waals surface area contributed by atoms with Crippen LogP contribution in [-0.2, 0) is 5.41 Å². The lowest BCUT2D eigenvalue weighted by atomic mass is 9.88. The van der Waals surface area contributed by atoms with Gasteiger partial charge < -0.3 is 4.98 Å². The van der Waals surface area contributed by atoms with E-state index in [4.69, 9.17) is 4.98 Å². The lowest BCUT2D eigenvalue weighted by Crippen LogP contribution is -2.11. The molecule has 0 aliphatic carbocycles. The molecule has 0 atom stereocenters. The van der Waals surface area contributed by atoms with Gasteiger partial charge in [-0.05, 0) is 23.1 Å². The molecule has 1 N–H and O–H groups in total. The van der Waals surface area contributed by atoms with Gasteiger partial charge in [0, 0.05) is 17.1 Å². The number of fused-ring (bicyclic) bond motifs is 5. The van der Waals surface area contributed by atoms with Crippen molar-refractivity contribution in [1.29, 1.82) is 0 Å². The molecule has 0 aliphatic rings. The zero-order chi connectivity index (χ0) is 13.9. The van der Waals surface area contributed by atoms with E-state index < -0.39 is 0 Å². The number of imidazole rings is 1. The minimum absolute atomic E-state index is 0.136. The number of H-pyrrole nitrogens is 1. The number of aromatic nitrogens is 3. The summed E-state index contributed by atoms with van der Waals surface area (Å²) in [5, 5.41) is 1.18. The standard InChI is InChI=1S/C17H17N3/c1-17(2,3)11-8-9-14-19-15-12-6-4-5-7-13(12)18-16(15)20(14)10-11/h4-10,18H,1-3H3. The Labute approximate surface area is 117 Å². The molecule has 0 saturated carbocycles. The molecule has 4 rings (SSSR count). The summed E-state index contributed by atoms with van der Waals surface area (Å²) in [7, 11) is 0. The van der Waals surface area contributed by atoms with E-state index in [1.807, 2.05) is 6.07 Å². The number of nitrogens with zero attached hydrogens (tertiary/aromatic N) is 2. The smallest absolute Gasteiger partial charge is 0.143 e. The van der Waals surface area contributed by atoms with Gasteiger partial charge in [0.1, 0.15) is 16.8 Å². The molecular formula is C17H17N3. The Morgan fingerprint density at radius 2 is 1.85 bits per heavy atom. The second kappa shape index (κ2) is 3.63. The summed E-state index contributed by atoms with van der Waals surface area (Å²) >= 11 is 0. The Balaban J connectivity index is 2.13. The van der Waals surface area contributed by atoms with Gasteiger partial charge in [-0.25, -0.2) is 4.98 Å². The fourth-order valence-electron chi connectivity index (χ4n) is 2.72. The van der Waals surface area contributed by atoms with E-state index in [0.717, 1.165) is 22.3 Å². The van der Waals surface area contributed by atoms with Gasteiger partial charge in [-0.1, -0.05) is 45.0 Å². The van der Waals surface area contributed by atoms with Gasteiger partial charge in [-0.3, -0.25) is 4.40 Å². The molecule has 3 nitrogen and oxygen atoms in total. The largest absolute Gasteiger partial charge is 0.339 e. The van der Waals surface area contributed by atoms with E-state index in [1.165, 1.54) is 10.9 Å². The predicted molar refractivity (Wildman–Crippen MR) is 83.3 cm³/mol. The number of hydrogen-bond acceptors (Lipinski definition) is 1. The average molecular weight is 263 g/mol. The van der Waals surface area contributed by atoms with Crippen molar-refractivity contribution in [3.63, 3.8) is 0 Å². The Kier molecular flexibility index (Phi) is 2.09. The van der Waals surface area contributed by atoms with E-state index in [2.05, 4.69) is 66.7 Å². The summed E-state index contributed by atoms with van der Waals surface area (Å²) < 4.78 is 2.16. The van der Waals surface area contributed by atoms with Crippen molar-refractivity contribution in [2.24, 2.45) is 0 Å². The molecule has 100 valence electrons. The van der Waals surface area contributed by atoms with Gasteiger partial charge in [-0.2, -0.15) is 0 Å². The topological polar surface area (TPSA) is 33.1 Å². The third-order valence-corrected chi connectivity index (χ3v) is 3.92. The number of hydrogen-bond donors (Lipinski definition) is 1. The zero-order valence-corrected chi connectivity index (χ0v) is 11.9. The minimum Gasteiger partial charge on any atom is -0.339 e. The van der Waals surface area contributed by atoms with Crippen LogP contribution in [0.1, 0.15) is 26.3 Å². The van der Waals surface area contributed by atoms with Crippen LogP contribution in [0.25, 0.3) is 27.7 Å². The van der Waals surface area contributed by atoms with Crippen LogP contribution in [0.2, 0.25) is 0 Å². The highest BCUT2D eigenvalue weighted by Crippen LogP contribution is 2.28. The summed E-state index contributed by atoms with van der Waals surface area (Å²) in [5.41, 5.74) is 5.70. The summed E-state index contributed by atoms with van der Waals surface area (Å²) in [4.78, 5) is 8.24. The van der Waals surface area contributed by atoms with Crippen LogP contribution in [0.5, 0.6) is 0 Å². The van der Waals surface area contributed by atoms with Crippen molar-refractivity contribution in [2.75, 3.05) is 0 Å². The molecule has 0 amide bonds. The molecule has 0 bridgehead atoms. The van der Waals surface area contributed by atoms with Crippen molar-refractivity contribution in [1.82, 2.24) is 14.4 Å². The Bertz CT molecular complexity index is 935. The van der Waals surface area contributed by atoms with E-state index >= 15 is 0 Å². The third-order valence-electron chi connectivity index (χ3n) is 3.92. The van der Waals surface area contributed by atoms with Gasteiger partial charge in [0.15, 0.2) is 0 Å². The summed E-state index contributed by atoms with van der Waals surface area (Å²) in [6.07, 6.45) is 2.19. The zero-order valence-electron chi connectivity index (χ0n) is 11.9. The molecule has 0 aliphatic heterocycles. The first-order valence-corrected chi connectivity index (χ1v) is 6.93. The molecule has 20 heavy (non-hydrogen) atoms. The maximum Gasteiger partial charge on any atom is 0.143 e. The lowest BCUT2D eigenvalue weighted by molar-refractivity contribution is 0.587. The number of nitrogens with one attached hydrogen (secondary N) is 1. The maximum atomic E-state index is 4.76. The first-order valence-electron chi connectivity index (χ1n) is 6.93. The Morgan fingerprint density at radius 3 is 2.65 bits per heavy atom. The van der Waals surface area contributed by atoms with Crippen LogP contribution in [-0.4, -0.2) is 14.4 Å². The van der Waals surface area contributed by atoms with Crippen molar-refractivity contribution in [2.45, 2.75) is 26.2 Å². The van der Waals surface area contributed by atoms with E-state index in [0.29, 0.717) is 0 Å². The molecular weight excluding hydrogens is 246 g/mol. The average Bonchev–Trinajstić information content (AvgIpc) is 2.93. The quantitative estimate of drug-likeness (QED) is 0.505. The lowest BCUT2D eigenvalue weighted by Gasteiger charge is -2.18. The molecule has 3 heteroatoms. The van der Waals surface area contributed by atoms with Gasteiger partial charge in [0.25, 0.3) is 0 Å². The first kappa shape index (κ1) is 11.5. The summed E-state index contributed by atoms with van der Waals surface area (Å²) in [6.45, 7) is 6.69. The van der Waals surface area contributed by atoms with Crippen molar-refractivity contribution in [3.05, 3.63) is 48.2 Å². The van der Waals surface area contributed by atoms with Gasteiger partial charge in [-0.15, -0.1) is 0 Å². The molecule has 0 unspecified atom stereocenters. The second-order valence-corrected chi connectivity index (χ2v) is 6.38. The molecule has 0 spiro atoms. The maximum absolute atomic E-state index is 4.76. The summed E-state index contributed by atoms with van der Waals surface area (Å²) in [6, 6.07) is 12.6. The van der Waals surface area contributed by atoms with Crippen molar-refractivity contribution < 1.29 is 0 Å². The number of para-hydroxylation sites is 1. The highest BCUT2D eigenvalue weighted by molar-refractivity contribution is 6.05. The van der Waals surface area contributed by atoms with E-state index in [-0.39, 0.29) is 5.41 Å². The SMILES string of the molecule is CC(C)(C)c1ccc2nc3c4ccccc4[nH]c3n2c1. The van der Waals surface area contributed by atoms with Crippen LogP contribution in [0.3, 0.4) is 0 Å². The normalized spacial score (nSPS) is 12.8. The fraction of sp³-hybridized carbons (Fsp3) is 0.235. The Hall–Kier alpha value is -2.29. The van der Waals surface area contributed by atoms with Gasteiger partial charge >= 0.3 is 0 Å². The van der Waals surface area contributed by atoms with Crippen LogP contribution in [0, 0.1) is 0 Å². The Morgan fingerprint density at radius 1 is 1.05 bits per heavy atom. The highest BCUT2D eigenvalue weighted by Gasteiger charge is 2.16. The molecule has 4 aromatic rings. The molecule has 0 radical (unpaired) electrons. The van der Waals surface area contributed by atoms with Gasteiger partial charge in [0.05, 0.1) is 0 Å². The second-order valence-electron chi connectivity index (χ2n) is 6.38. The predicted octanol–water partition coefficient (Wildman–Crippen LogP) is 4.27. The number of benzene rings is 1. The first-order chi connectivity index (χ1) is 9.54. The van der Waals surface area contributed by atoms with Crippen molar-refractivity contribution in [3.8, 4) is 0 Å². The van der Waals surface area contributed by atoms with Crippen molar-refractivity contribution >= 4 is 27.7 Å². The van der Waals surface area contributed by atoms with E-state index in [1.54, 1.807) is 0 Å². The molecule has 1 aromatic carbocycles. The van der Waals surface area contributed by atoms with E-state index in [9.17, 15) is 0 Å². The van der Waals surface area contributed by atoms with Crippen LogP contribution in [0.4, 0.5) is 0 Å². The number of aromatic amines is 1. The summed E-state index contributed by atoms with van der Waals surface area (Å²) in [5.74, 6) is 0. The van der Waals surface area contributed by atoms with Crippen LogP contribution < -0.4 is 0 Å². The van der Waals surface area contributed by atoms with Gasteiger partial charge in [0.2, 0.25) is 0 Å². The molecule has 0 saturated heterocycles. The fourth-order valence-corrected chi connectivity index (χ4v) is 2.72. The monoisotopic (exact) mass is 263 g/mol.